The minimum atomic E-state index is -3.45. The van der Waals surface area contributed by atoms with E-state index in [4.69, 9.17) is 5.11 Å². The van der Waals surface area contributed by atoms with E-state index in [0.29, 0.717) is 13.0 Å². The number of sulfone groups is 1. The molecule has 0 radical (unpaired) electrons. The number of rotatable bonds is 5. The van der Waals surface area contributed by atoms with Crippen LogP contribution in [-0.4, -0.2) is 55.8 Å². The summed E-state index contributed by atoms with van der Waals surface area (Å²) in [7, 11) is -3.45. The van der Waals surface area contributed by atoms with Gasteiger partial charge in [0.05, 0.1) is 16.6 Å². The molecular weight excluding hydrogens is 332 g/mol. The Bertz CT molecular complexity index is 690. The monoisotopic (exact) mass is 354 g/mol. The van der Waals surface area contributed by atoms with E-state index >= 15 is 0 Å². The standard InChI is InChI=1S/C16H22N2O5S/c1-12-9-13(15(19)20)11-18(10-12)16(21)17-7-8-24(22,23)14-5-3-2-4-6-14/h2-6,12-13H,7-11H2,1H3,(H,17,21)(H,19,20). The van der Waals surface area contributed by atoms with E-state index in [-0.39, 0.29) is 29.7 Å². The molecule has 7 nitrogen and oxygen atoms in total. The molecule has 2 amide bonds. The van der Waals surface area contributed by atoms with Crippen LogP contribution in [0.15, 0.2) is 35.2 Å². The fourth-order valence-electron chi connectivity index (χ4n) is 2.85. The van der Waals surface area contributed by atoms with Gasteiger partial charge in [-0.25, -0.2) is 13.2 Å². The smallest absolute Gasteiger partial charge is 0.317 e. The van der Waals surface area contributed by atoms with Gasteiger partial charge < -0.3 is 15.3 Å². The van der Waals surface area contributed by atoms with E-state index in [1.165, 1.54) is 17.0 Å². The number of carboxylic acids is 1. The summed E-state index contributed by atoms with van der Waals surface area (Å²) >= 11 is 0. The lowest BCUT2D eigenvalue weighted by Gasteiger charge is -2.34. The average molecular weight is 354 g/mol. The molecule has 2 atom stereocenters. The third-order valence-electron chi connectivity index (χ3n) is 4.05. The number of benzene rings is 1. The second kappa shape index (κ2) is 7.65. The van der Waals surface area contributed by atoms with Gasteiger partial charge in [-0.05, 0) is 24.5 Å². The van der Waals surface area contributed by atoms with E-state index in [2.05, 4.69) is 5.32 Å². The first-order valence-electron chi connectivity index (χ1n) is 7.83. The van der Waals surface area contributed by atoms with Crippen molar-refractivity contribution in [3.63, 3.8) is 0 Å². The first-order valence-corrected chi connectivity index (χ1v) is 9.48. The minimum absolute atomic E-state index is 0.0152. The van der Waals surface area contributed by atoms with Gasteiger partial charge in [-0.2, -0.15) is 0 Å². The highest BCUT2D eigenvalue weighted by Crippen LogP contribution is 2.21. The zero-order chi connectivity index (χ0) is 17.7. The summed E-state index contributed by atoms with van der Waals surface area (Å²) in [5, 5.41) is 11.7. The zero-order valence-corrected chi connectivity index (χ0v) is 14.3. The Morgan fingerprint density at radius 3 is 2.54 bits per heavy atom. The molecule has 0 bridgehead atoms. The molecule has 2 rings (SSSR count). The molecule has 132 valence electrons. The Kier molecular flexibility index (Phi) is 5.82. The van der Waals surface area contributed by atoms with Gasteiger partial charge >= 0.3 is 12.0 Å². The van der Waals surface area contributed by atoms with Crippen LogP contribution in [0, 0.1) is 11.8 Å². The highest BCUT2D eigenvalue weighted by molar-refractivity contribution is 7.91. The van der Waals surface area contributed by atoms with Crippen molar-refractivity contribution in [2.75, 3.05) is 25.4 Å². The Labute approximate surface area is 141 Å². The molecule has 0 aliphatic carbocycles. The van der Waals surface area contributed by atoms with Crippen LogP contribution in [-0.2, 0) is 14.6 Å². The van der Waals surface area contributed by atoms with Crippen molar-refractivity contribution < 1.29 is 23.1 Å². The molecule has 0 spiro atoms. The molecule has 0 aromatic heterocycles. The zero-order valence-electron chi connectivity index (χ0n) is 13.5. The Hall–Kier alpha value is -2.09. The SMILES string of the molecule is CC1CC(C(=O)O)CN(C(=O)NCCS(=O)(=O)c2ccccc2)C1. The Balaban J connectivity index is 1.88. The van der Waals surface area contributed by atoms with E-state index in [1.807, 2.05) is 6.92 Å². The molecule has 1 heterocycles. The highest BCUT2D eigenvalue weighted by atomic mass is 32.2. The second-order valence-electron chi connectivity index (χ2n) is 6.14. The van der Waals surface area contributed by atoms with Crippen molar-refractivity contribution >= 4 is 21.8 Å². The molecule has 1 aromatic carbocycles. The first kappa shape index (κ1) is 18.3. The minimum Gasteiger partial charge on any atom is -0.481 e. The summed E-state index contributed by atoms with van der Waals surface area (Å²) in [6.07, 6.45) is 0.543. The van der Waals surface area contributed by atoms with Crippen molar-refractivity contribution in [2.24, 2.45) is 11.8 Å². The van der Waals surface area contributed by atoms with Crippen LogP contribution in [0.4, 0.5) is 4.79 Å². The van der Waals surface area contributed by atoms with Gasteiger partial charge in [-0.3, -0.25) is 4.79 Å². The maximum absolute atomic E-state index is 12.2. The molecule has 2 N–H and O–H groups in total. The lowest BCUT2D eigenvalue weighted by Crippen LogP contribution is -2.50. The van der Waals surface area contributed by atoms with Gasteiger partial charge in [-0.1, -0.05) is 25.1 Å². The highest BCUT2D eigenvalue weighted by Gasteiger charge is 2.31. The number of nitrogens with zero attached hydrogens (tertiary/aromatic N) is 1. The third kappa shape index (κ3) is 4.70. The van der Waals surface area contributed by atoms with Crippen LogP contribution < -0.4 is 5.32 Å². The average Bonchev–Trinajstić information content (AvgIpc) is 2.54. The number of carboxylic acid groups (broad SMARTS) is 1. The number of likely N-dealkylation sites (tertiary alicyclic amines) is 1. The molecule has 1 aliphatic heterocycles. The molecule has 0 saturated carbocycles. The molecule has 8 heteroatoms. The summed E-state index contributed by atoms with van der Waals surface area (Å²) in [4.78, 5) is 25.0. The fourth-order valence-corrected chi connectivity index (χ4v) is 4.02. The van der Waals surface area contributed by atoms with Crippen molar-refractivity contribution in [2.45, 2.75) is 18.2 Å². The second-order valence-corrected chi connectivity index (χ2v) is 8.25. The van der Waals surface area contributed by atoms with E-state index in [1.54, 1.807) is 18.2 Å². The van der Waals surface area contributed by atoms with Crippen LogP contribution >= 0.6 is 0 Å². The molecule has 2 unspecified atom stereocenters. The van der Waals surface area contributed by atoms with Crippen LogP contribution in [0.3, 0.4) is 0 Å². The quantitative estimate of drug-likeness (QED) is 0.827. The molecular formula is C16H22N2O5S. The van der Waals surface area contributed by atoms with Gasteiger partial charge in [0, 0.05) is 19.6 Å². The van der Waals surface area contributed by atoms with Gasteiger partial charge in [-0.15, -0.1) is 0 Å². The summed E-state index contributed by atoms with van der Waals surface area (Å²) in [5.41, 5.74) is 0. The van der Waals surface area contributed by atoms with Crippen LogP contribution in [0.25, 0.3) is 0 Å². The molecule has 1 fully saturated rings. The van der Waals surface area contributed by atoms with Crippen molar-refractivity contribution in [3.05, 3.63) is 30.3 Å². The molecule has 1 aromatic rings. The summed E-state index contributed by atoms with van der Waals surface area (Å²) in [6.45, 7) is 2.51. The van der Waals surface area contributed by atoms with E-state index < -0.39 is 27.8 Å². The lowest BCUT2D eigenvalue weighted by molar-refractivity contribution is -0.143. The maximum atomic E-state index is 12.2. The Morgan fingerprint density at radius 1 is 1.25 bits per heavy atom. The summed E-state index contributed by atoms with van der Waals surface area (Å²) < 4.78 is 24.3. The van der Waals surface area contributed by atoms with Crippen molar-refractivity contribution in [1.82, 2.24) is 10.2 Å². The Morgan fingerprint density at radius 2 is 1.92 bits per heavy atom. The van der Waals surface area contributed by atoms with Crippen LogP contribution in [0.2, 0.25) is 0 Å². The molecule has 1 saturated heterocycles. The number of carbonyl (C=O) groups excluding carboxylic acids is 1. The third-order valence-corrected chi connectivity index (χ3v) is 5.78. The molecule has 24 heavy (non-hydrogen) atoms. The van der Waals surface area contributed by atoms with Crippen molar-refractivity contribution in [3.8, 4) is 0 Å². The number of urea groups is 1. The normalized spacial score (nSPS) is 21.3. The predicted molar refractivity (Wildman–Crippen MR) is 88.4 cm³/mol. The number of hydrogen-bond donors (Lipinski definition) is 2. The topological polar surface area (TPSA) is 104 Å². The largest absolute Gasteiger partial charge is 0.481 e. The van der Waals surface area contributed by atoms with Crippen molar-refractivity contribution in [1.29, 1.82) is 0 Å². The summed E-state index contributed by atoms with van der Waals surface area (Å²) in [5.74, 6) is -1.59. The summed E-state index contributed by atoms with van der Waals surface area (Å²) in [6, 6.07) is 7.63. The van der Waals surface area contributed by atoms with Gasteiger partial charge in [0.25, 0.3) is 0 Å². The lowest BCUT2D eigenvalue weighted by atomic mass is 9.91. The van der Waals surface area contributed by atoms with Gasteiger partial charge in [0.2, 0.25) is 0 Å². The number of piperidine rings is 1. The molecule has 1 aliphatic rings. The van der Waals surface area contributed by atoms with E-state index in [0.717, 1.165) is 0 Å². The van der Waals surface area contributed by atoms with Gasteiger partial charge in [0.15, 0.2) is 9.84 Å². The number of amides is 2. The van der Waals surface area contributed by atoms with Gasteiger partial charge in [0.1, 0.15) is 0 Å². The van der Waals surface area contributed by atoms with E-state index in [9.17, 15) is 18.0 Å². The number of aliphatic carboxylic acids is 1. The first-order chi connectivity index (χ1) is 11.3. The number of nitrogens with one attached hydrogen (secondary N) is 1. The maximum Gasteiger partial charge on any atom is 0.317 e. The predicted octanol–water partition coefficient (Wildman–Crippen LogP) is 1.21. The number of carbonyl (C=O) groups is 2. The van der Waals surface area contributed by atoms with Crippen LogP contribution in [0.5, 0.6) is 0 Å². The number of hydrogen-bond acceptors (Lipinski definition) is 4. The fraction of sp³-hybridized carbons (Fsp3) is 0.500. The van der Waals surface area contributed by atoms with Crippen LogP contribution in [0.1, 0.15) is 13.3 Å².